The monoisotopic (exact) mass is 1440 g/mol. The van der Waals surface area contributed by atoms with Gasteiger partial charge in [0.05, 0.1) is 17.2 Å². The fourth-order valence-electron chi connectivity index (χ4n) is 12.6. The van der Waals surface area contributed by atoms with Crippen LogP contribution in [0.15, 0.2) is 118 Å². The van der Waals surface area contributed by atoms with Gasteiger partial charge in [-0.1, -0.05) is 147 Å². The molecule has 0 spiro atoms. The Hall–Kier alpha value is -8.11. The zero-order valence-electron chi connectivity index (χ0n) is 60.3. The zero-order valence-corrected chi connectivity index (χ0v) is 61.9. The molecule has 0 saturated carbocycles. The summed E-state index contributed by atoms with van der Waals surface area (Å²) in [6, 6.07) is 16.4. The van der Waals surface area contributed by atoms with E-state index >= 15 is 0 Å². The van der Waals surface area contributed by atoms with Crippen molar-refractivity contribution in [1.82, 2.24) is 41.3 Å². The molecule has 2 fully saturated rings. The number of aliphatic carboxylic acids is 1. The molecule has 0 aromatic heterocycles. The Labute approximate surface area is 603 Å². The molecule has 101 heavy (non-hydrogen) atoms. The molecule has 1 aliphatic carbocycles. The van der Waals surface area contributed by atoms with Crippen molar-refractivity contribution in [2.45, 2.75) is 198 Å². The predicted molar refractivity (Wildman–Crippen MR) is 393 cm³/mol. The highest BCUT2D eigenvalue weighted by Gasteiger charge is 2.42. The van der Waals surface area contributed by atoms with Crippen LogP contribution in [-0.2, 0) is 49.6 Å². The van der Waals surface area contributed by atoms with E-state index in [0.29, 0.717) is 50.0 Å². The summed E-state index contributed by atoms with van der Waals surface area (Å²) in [6.07, 6.45) is 8.31. The van der Waals surface area contributed by atoms with Gasteiger partial charge in [0, 0.05) is 61.1 Å². The number of urea groups is 2. The second-order valence-electron chi connectivity index (χ2n) is 27.6. The van der Waals surface area contributed by atoms with Crippen molar-refractivity contribution in [1.29, 1.82) is 0 Å². The van der Waals surface area contributed by atoms with Crippen molar-refractivity contribution >= 4 is 94.5 Å². The number of allylic oxidation sites excluding steroid dienone is 2. The van der Waals surface area contributed by atoms with Crippen LogP contribution in [0.4, 0.5) is 15.3 Å². The molecular weight excluding hydrogens is 1330 g/mol. The third-order valence-corrected chi connectivity index (χ3v) is 21.0. The van der Waals surface area contributed by atoms with Gasteiger partial charge in [0.2, 0.25) is 47.0 Å². The summed E-state index contributed by atoms with van der Waals surface area (Å²) in [5.74, 6) is -5.69. The number of anilines is 1. The largest absolute Gasteiger partial charge is 0.620 e. The molecule has 2 unspecified atom stereocenters. The molecule has 0 radical (unpaired) electrons. The number of likely N-dealkylation sites (N-methyl/N-ethyl adjacent to an activating group) is 2. The molecular formula is C74H108N12O13S2. The predicted octanol–water partition coefficient (Wildman–Crippen LogP) is 7.46. The van der Waals surface area contributed by atoms with E-state index in [4.69, 9.17) is 11.5 Å². The highest BCUT2D eigenvalue weighted by atomic mass is 32.2. The van der Waals surface area contributed by atoms with Crippen molar-refractivity contribution in [2.24, 2.45) is 47.0 Å². The van der Waals surface area contributed by atoms with Crippen LogP contribution in [0.2, 0.25) is 0 Å². The van der Waals surface area contributed by atoms with Crippen LogP contribution in [-0.4, -0.2) is 160 Å². The van der Waals surface area contributed by atoms with E-state index in [-0.39, 0.29) is 122 Å². The number of rotatable bonds is 39. The van der Waals surface area contributed by atoms with Crippen LogP contribution in [0.5, 0.6) is 0 Å². The van der Waals surface area contributed by atoms with E-state index in [9.17, 15) is 63.1 Å². The summed E-state index contributed by atoms with van der Waals surface area (Å²) >= 11 is 2.44. The third kappa shape index (κ3) is 26.7. The normalized spacial score (nSPS) is 19.3. The minimum atomic E-state index is -1.38. The maximum absolute atomic E-state index is 14.6. The minimum Gasteiger partial charge on any atom is -0.620 e. The van der Waals surface area contributed by atoms with Crippen LogP contribution >= 0.6 is 23.5 Å². The molecule has 12 atom stereocenters. The molecule has 2 aromatic carbocycles. The Morgan fingerprint density at radius 1 is 0.842 bits per heavy atom. The van der Waals surface area contributed by atoms with Crippen LogP contribution in [0.25, 0.3) is 0 Å². The number of hydroxylamine groups is 2. The number of thioether (sulfide) groups is 2. The quantitative estimate of drug-likeness (QED) is 0.0102. The van der Waals surface area contributed by atoms with Gasteiger partial charge in [0.1, 0.15) is 18.1 Å². The van der Waals surface area contributed by atoms with Gasteiger partial charge >= 0.3 is 23.9 Å². The van der Waals surface area contributed by atoms with Gasteiger partial charge in [-0.15, -0.1) is 11.8 Å². The van der Waals surface area contributed by atoms with Crippen LogP contribution in [0, 0.1) is 40.7 Å². The smallest absolute Gasteiger partial charge is 0.417 e. The number of benzene rings is 1. The number of nitrogens with two attached hydrogens (primary N) is 2. The number of piperidine rings is 1. The zero-order chi connectivity index (χ0) is 74.6. The van der Waals surface area contributed by atoms with Crippen LogP contribution < -0.4 is 48.4 Å². The number of likely N-dealkylation sites (tertiary alicyclic amines) is 2. The van der Waals surface area contributed by atoms with E-state index in [1.807, 2.05) is 94.2 Å². The van der Waals surface area contributed by atoms with E-state index < -0.39 is 87.8 Å². The van der Waals surface area contributed by atoms with Crippen LogP contribution in [0.1, 0.15) is 151 Å². The lowest BCUT2D eigenvalue weighted by Crippen LogP contribution is -3.10. The maximum Gasteiger partial charge on any atom is 0.417 e. The molecule has 554 valence electrons. The number of nitrogens with one attached hydrogen (secondary N) is 7. The number of amides is 12. The molecule has 5 rings (SSSR count). The average Bonchev–Trinajstić information content (AvgIpc) is 1.39. The molecule has 2 saturated heterocycles. The summed E-state index contributed by atoms with van der Waals surface area (Å²) in [5.41, 5.74) is 11.4. The summed E-state index contributed by atoms with van der Waals surface area (Å²) in [7, 11) is 3.71. The number of unbranched alkanes of at least 4 members (excludes halogenated alkanes) is 2. The number of carboxylic acid groups (broad SMARTS) is 1. The van der Waals surface area contributed by atoms with Crippen molar-refractivity contribution in [3.8, 4) is 0 Å². The molecule has 25 nitrogen and oxygen atoms in total. The second kappa shape index (κ2) is 41.7. The lowest BCUT2D eigenvalue weighted by Gasteiger charge is -2.43. The van der Waals surface area contributed by atoms with Crippen molar-refractivity contribution in [3.05, 3.63) is 124 Å². The molecule has 0 bridgehead atoms. The summed E-state index contributed by atoms with van der Waals surface area (Å²) in [6.45, 7) is 20.3. The van der Waals surface area contributed by atoms with E-state index in [1.54, 1.807) is 43.1 Å². The highest BCUT2D eigenvalue weighted by molar-refractivity contribution is 8.05. The van der Waals surface area contributed by atoms with E-state index in [1.165, 1.54) is 29.0 Å². The van der Waals surface area contributed by atoms with Gasteiger partial charge in [-0.05, 0) is 155 Å². The lowest BCUT2D eigenvalue weighted by atomic mass is 9.72. The maximum atomic E-state index is 14.6. The Balaban J connectivity index is 1.24. The van der Waals surface area contributed by atoms with E-state index in [2.05, 4.69) is 58.4 Å². The SMILES string of the molecule is C=C(C)[C@H](NC(=O)CCCCCN1C(=O)CC(Sc2ccccccccc2)C1=O)C(=O)N[C@@H](CCCNC(N)=O)C(=O)Nc1ccc(C[C@@H](C[C@H](C)C(=O)O)NC(=O)/C(=C/SC2=C[C@@H](CC(C)C)[C@@H]2C[C@H](C(C)C)N(C)C(=O)[C@@H](NC(=O)[C@H]2CCCCN2C)[C@@H](C)CC)[NH+]([O-])C(N)=O)cc1. The van der Waals surface area contributed by atoms with Crippen molar-refractivity contribution in [3.63, 3.8) is 0 Å². The number of hydrogen-bond donors (Lipinski definition) is 10. The standard InChI is InChI=1S/C74H108N12O13S2/c1-12-48(8)65(82-67(90)57-29-22-24-36-83(57)10)71(94)84(11)58(46(4)5)42-55-51(38-45(2)3)41-60(55)100-44-59(86(99)74(76)98)68(91)79-53(39-49(9)72(95)96)40-50-31-33-52(34-32-50)78-66(89)56(28-25-35-77-73(75)97)80-69(92)64(47(6)7)81-62(87)30-21-18-23-37-85-63(88)43-61(70(85)93)101-54-26-19-16-14-13-15-17-20-27-54/h13-17,19-20,26-27,31-34,41,44-46,48-49,51,53,55-58,61,64-65,86H,6,12,18,21-25,28-30,35-40,42-43H2,1-5,7-11H3,(H2,76,98)(H,78,89)(H,79,91)(H,80,92)(H,81,87)(H,82,90)(H,95,96)(H3,75,77,97)/b14-13?,15-13?,16-14?,17-15?,19-16?,20-17?,26-19?,27-20?,54-26?,54-27?,59-44-/t48-,49-,51+,53+,55-,56-,57+,58+,61?,64-,65-/m0/s1. The summed E-state index contributed by atoms with van der Waals surface area (Å²) in [4.78, 5) is 153. The number of hydrogen-bond acceptors (Lipinski definition) is 15. The Morgan fingerprint density at radius 2 is 1.50 bits per heavy atom. The number of quaternary nitrogens is 1. The summed E-state index contributed by atoms with van der Waals surface area (Å²) in [5, 5.41) is 39.7. The lowest BCUT2D eigenvalue weighted by molar-refractivity contribution is -0.706. The minimum absolute atomic E-state index is 0.0121. The molecule has 12 N–H and O–H groups in total. The second-order valence-corrected chi connectivity index (χ2v) is 29.9. The van der Waals surface area contributed by atoms with Gasteiger partial charge in [-0.2, -0.15) is 0 Å². The van der Waals surface area contributed by atoms with Gasteiger partial charge in [-0.3, -0.25) is 58.0 Å². The first kappa shape index (κ1) is 83.6. The number of carbonyl (C=O) groups excluding carboxylic acids is 10. The molecule has 2 aliphatic heterocycles. The fraction of sp³-hybridized carbons (Fsp3) is 0.554. The van der Waals surface area contributed by atoms with Gasteiger partial charge < -0.3 is 58.6 Å². The van der Waals surface area contributed by atoms with Gasteiger partial charge in [0.15, 0.2) is 0 Å². The molecule has 2 aromatic rings. The number of nitrogens with zero attached hydrogens (tertiary/aromatic N) is 3. The molecule has 2 heterocycles. The number of imide groups is 1. The van der Waals surface area contributed by atoms with Crippen molar-refractivity contribution < 1.29 is 62.9 Å². The van der Waals surface area contributed by atoms with Gasteiger partial charge in [-0.25, -0.2) is 9.59 Å². The molecule has 27 heteroatoms. The number of carbonyl (C=O) groups is 11. The topological polar surface area (TPSA) is 369 Å². The molecule has 3 aliphatic rings. The third-order valence-electron chi connectivity index (χ3n) is 18.7. The number of primary amides is 2. The summed E-state index contributed by atoms with van der Waals surface area (Å²) < 4.78 is 0. The Morgan fingerprint density at radius 3 is 2.10 bits per heavy atom. The highest BCUT2D eigenvalue weighted by Crippen LogP contribution is 2.48. The Kier molecular flexibility index (Phi) is 34.5. The Bertz CT molecular complexity index is 3330. The first-order valence-electron chi connectivity index (χ1n) is 35.2. The van der Waals surface area contributed by atoms with Crippen molar-refractivity contribution in [2.75, 3.05) is 39.0 Å². The fourth-order valence-corrected chi connectivity index (χ4v) is 14.9. The first-order chi connectivity index (χ1) is 47.9. The molecule has 12 amide bonds. The first-order valence-corrected chi connectivity index (χ1v) is 37.0. The van der Waals surface area contributed by atoms with E-state index in [0.717, 1.165) is 47.4 Å². The van der Waals surface area contributed by atoms with Crippen LogP contribution in [0.3, 0.4) is 0 Å². The van der Waals surface area contributed by atoms with Gasteiger partial charge in [0.25, 0.3) is 0 Å². The number of carboxylic acids is 1. The average molecular weight is 1440 g/mol.